The summed E-state index contributed by atoms with van der Waals surface area (Å²) in [5.74, 6) is -0.00766. The Morgan fingerprint density at radius 3 is 2.28 bits per heavy atom. The lowest BCUT2D eigenvalue weighted by Crippen LogP contribution is -2.08. The van der Waals surface area contributed by atoms with Crippen LogP contribution in [0.3, 0.4) is 0 Å². The second-order valence-electron chi connectivity index (χ2n) is 4.13. The molecule has 0 saturated heterocycles. The summed E-state index contributed by atoms with van der Waals surface area (Å²) in [7, 11) is 0. The van der Waals surface area contributed by atoms with Crippen LogP contribution in [0.4, 0.5) is 18.9 Å². The van der Waals surface area contributed by atoms with Gasteiger partial charge in [0.15, 0.2) is 5.78 Å². The molecule has 0 radical (unpaired) electrons. The molecule has 0 unspecified atom stereocenters. The number of benzene rings is 1. The molecule has 0 amide bonds. The van der Waals surface area contributed by atoms with Gasteiger partial charge in [0, 0.05) is 24.2 Å². The Balaban J connectivity index is 2.25. The smallest absolute Gasteiger partial charge is 0.385 e. The van der Waals surface area contributed by atoms with Crippen molar-refractivity contribution in [2.75, 3.05) is 11.9 Å². The number of alkyl halides is 3. The first-order chi connectivity index (χ1) is 8.38. The summed E-state index contributed by atoms with van der Waals surface area (Å²) in [6, 6.07) is 6.89. The van der Waals surface area contributed by atoms with E-state index < -0.39 is 12.6 Å². The number of hydrogen-bond donors (Lipinski definition) is 1. The minimum Gasteiger partial charge on any atom is -0.385 e. The number of anilines is 1. The predicted molar refractivity (Wildman–Crippen MR) is 64.8 cm³/mol. The topological polar surface area (TPSA) is 29.1 Å². The Morgan fingerprint density at radius 2 is 1.78 bits per heavy atom. The van der Waals surface area contributed by atoms with E-state index in [-0.39, 0.29) is 12.2 Å². The Kier molecular flexibility index (Phi) is 5.19. The van der Waals surface area contributed by atoms with E-state index >= 15 is 0 Å². The number of carbonyl (C=O) groups excluding carboxylic acids is 1. The molecule has 0 heterocycles. The first-order valence-corrected chi connectivity index (χ1v) is 5.80. The van der Waals surface area contributed by atoms with Crippen LogP contribution in [0.5, 0.6) is 0 Å². The zero-order valence-electron chi connectivity index (χ0n) is 10.2. The van der Waals surface area contributed by atoms with Crippen LogP contribution in [0.15, 0.2) is 24.3 Å². The van der Waals surface area contributed by atoms with Crippen molar-refractivity contribution < 1.29 is 18.0 Å². The third-order valence-electron chi connectivity index (χ3n) is 2.51. The van der Waals surface area contributed by atoms with E-state index in [9.17, 15) is 18.0 Å². The number of unbranched alkanes of at least 4 members (excludes halogenated alkanes) is 1. The Morgan fingerprint density at radius 1 is 1.17 bits per heavy atom. The van der Waals surface area contributed by atoms with Gasteiger partial charge in [-0.1, -0.05) is 0 Å². The van der Waals surface area contributed by atoms with Crippen molar-refractivity contribution in [2.45, 2.75) is 32.4 Å². The molecule has 0 aliphatic rings. The van der Waals surface area contributed by atoms with E-state index in [4.69, 9.17) is 0 Å². The first kappa shape index (κ1) is 14.5. The number of ketones is 1. The standard InChI is InChI=1S/C13H16F3NO/c1-10(18)11-4-6-12(7-5-11)17-9-3-2-8-13(14,15)16/h4-7,17H,2-3,8-9H2,1H3. The molecular weight excluding hydrogens is 243 g/mol. The van der Waals surface area contributed by atoms with Gasteiger partial charge in [0.1, 0.15) is 0 Å². The molecule has 2 nitrogen and oxygen atoms in total. The summed E-state index contributed by atoms with van der Waals surface area (Å²) >= 11 is 0. The van der Waals surface area contributed by atoms with Crippen molar-refractivity contribution in [2.24, 2.45) is 0 Å². The molecule has 0 fully saturated rings. The van der Waals surface area contributed by atoms with E-state index in [0.29, 0.717) is 18.5 Å². The average molecular weight is 259 g/mol. The predicted octanol–water partition coefficient (Wildman–Crippen LogP) is 4.03. The summed E-state index contributed by atoms with van der Waals surface area (Å²) in [4.78, 5) is 11.0. The number of rotatable bonds is 6. The normalized spacial score (nSPS) is 11.3. The highest BCUT2D eigenvalue weighted by Crippen LogP contribution is 2.22. The maximum absolute atomic E-state index is 11.9. The summed E-state index contributed by atoms with van der Waals surface area (Å²) in [6.07, 6.45) is -4.21. The molecule has 0 saturated carbocycles. The molecule has 1 aromatic rings. The van der Waals surface area contributed by atoms with Crippen molar-refractivity contribution in [1.29, 1.82) is 0 Å². The van der Waals surface area contributed by atoms with Crippen LogP contribution in [-0.4, -0.2) is 18.5 Å². The van der Waals surface area contributed by atoms with Gasteiger partial charge in [-0.3, -0.25) is 4.79 Å². The number of hydrogen-bond acceptors (Lipinski definition) is 2. The van der Waals surface area contributed by atoms with Gasteiger partial charge in [-0.15, -0.1) is 0 Å². The van der Waals surface area contributed by atoms with Crippen LogP contribution in [0.2, 0.25) is 0 Å². The highest BCUT2D eigenvalue weighted by atomic mass is 19.4. The van der Waals surface area contributed by atoms with Crippen LogP contribution in [0.1, 0.15) is 36.5 Å². The zero-order chi connectivity index (χ0) is 13.6. The summed E-state index contributed by atoms with van der Waals surface area (Å²) < 4.78 is 35.6. The molecule has 0 aromatic heterocycles. The van der Waals surface area contributed by atoms with Gasteiger partial charge in [-0.2, -0.15) is 13.2 Å². The Hall–Kier alpha value is -1.52. The monoisotopic (exact) mass is 259 g/mol. The molecule has 0 aliphatic carbocycles. The largest absolute Gasteiger partial charge is 0.389 e. The molecule has 0 bridgehead atoms. The van der Waals surface area contributed by atoms with Crippen molar-refractivity contribution in [3.8, 4) is 0 Å². The van der Waals surface area contributed by atoms with E-state index in [0.717, 1.165) is 5.69 Å². The highest BCUT2D eigenvalue weighted by Gasteiger charge is 2.25. The molecule has 18 heavy (non-hydrogen) atoms. The van der Waals surface area contributed by atoms with Crippen molar-refractivity contribution in [3.63, 3.8) is 0 Å². The number of halogens is 3. The summed E-state index contributed by atoms with van der Waals surface area (Å²) in [5, 5.41) is 3.02. The SMILES string of the molecule is CC(=O)c1ccc(NCCCCC(F)(F)F)cc1. The Bertz CT molecular complexity index is 384. The first-order valence-electron chi connectivity index (χ1n) is 5.80. The van der Waals surface area contributed by atoms with Gasteiger partial charge >= 0.3 is 6.18 Å². The molecule has 1 rings (SSSR count). The molecular formula is C13H16F3NO. The van der Waals surface area contributed by atoms with Gasteiger partial charge in [0.2, 0.25) is 0 Å². The minimum atomic E-state index is -4.07. The zero-order valence-corrected chi connectivity index (χ0v) is 10.2. The lowest BCUT2D eigenvalue weighted by atomic mass is 10.1. The molecule has 1 N–H and O–H groups in total. The third-order valence-corrected chi connectivity index (χ3v) is 2.51. The van der Waals surface area contributed by atoms with Gasteiger partial charge in [0.05, 0.1) is 0 Å². The maximum atomic E-state index is 11.9. The van der Waals surface area contributed by atoms with Gasteiger partial charge in [0.25, 0.3) is 0 Å². The fraction of sp³-hybridized carbons (Fsp3) is 0.462. The average Bonchev–Trinajstić information content (AvgIpc) is 2.27. The van der Waals surface area contributed by atoms with E-state index in [2.05, 4.69) is 5.32 Å². The van der Waals surface area contributed by atoms with Gasteiger partial charge < -0.3 is 5.32 Å². The van der Waals surface area contributed by atoms with Crippen molar-refractivity contribution in [3.05, 3.63) is 29.8 Å². The molecule has 0 atom stereocenters. The number of nitrogens with one attached hydrogen (secondary N) is 1. The van der Waals surface area contributed by atoms with Crippen LogP contribution in [-0.2, 0) is 0 Å². The van der Waals surface area contributed by atoms with Crippen molar-refractivity contribution >= 4 is 11.5 Å². The van der Waals surface area contributed by atoms with Gasteiger partial charge in [-0.25, -0.2) is 0 Å². The van der Waals surface area contributed by atoms with E-state index in [1.165, 1.54) is 6.92 Å². The van der Waals surface area contributed by atoms with Gasteiger partial charge in [-0.05, 0) is 44.0 Å². The highest BCUT2D eigenvalue weighted by molar-refractivity contribution is 5.94. The molecule has 0 aliphatic heterocycles. The van der Waals surface area contributed by atoms with Crippen LogP contribution in [0.25, 0.3) is 0 Å². The lowest BCUT2D eigenvalue weighted by molar-refractivity contribution is -0.135. The quantitative estimate of drug-likeness (QED) is 0.617. The number of carbonyl (C=O) groups is 1. The summed E-state index contributed by atoms with van der Waals surface area (Å²) in [5.41, 5.74) is 1.43. The molecule has 1 aromatic carbocycles. The van der Waals surface area contributed by atoms with E-state index in [1.807, 2.05) is 0 Å². The second-order valence-corrected chi connectivity index (χ2v) is 4.13. The van der Waals surface area contributed by atoms with E-state index in [1.54, 1.807) is 24.3 Å². The Labute approximate surface area is 104 Å². The van der Waals surface area contributed by atoms with Crippen molar-refractivity contribution in [1.82, 2.24) is 0 Å². The summed E-state index contributed by atoms with van der Waals surface area (Å²) in [6.45, 7) is 1.98. The number of Topliss-reactive ketones (excluding diaryl/α,β-unsaturated/α-hetero) is 1. The molecule has 100 valence electrons. The second kappa shape index (κ2) is 6.42. The van der Waals surface area contributed by atoms with Crippen LogP contribution < -0.4 is 5.32 Å². The molecule has 5 heteroatoms. The molecule has 0 spiro atoms. The maximum Gasteiger partial charge on any atom is 0.389 e. The van der Waals surface area contributed by atoms with Crippen LogP contribution in [0, 0.1) is 0 Å². The fourth-order valence-corrected chi connectivity index (χ4v) is 1.51. The van der Waals surface area contributed by atoms with Crippen LogP contribution >= 0.6 is 0 Å². The lowest BCUT2D eigenvalue weighted by Gasteiger charge is -2.08. The minimum absolute atomic E-state index is 0.00766. The fourth-order valence-electron chi connectivity index (χ4n) is 1.51. The third kappa shape index (κ3) is 5.70.